The van der Waals surface area contributed by atoms with Gasteiger partial charge in [-0.25, -0.2) is 0 Å². The fourth-order valence-electron chi connectivity index (χ4n) is 2.70. The van der Waals surface area contributed by atoms with E-state index in [1.54, 1.807) is 11.0 Å². The van der Waals surface area contributed by atoms with Gasteiger partial charge in [-0.2, -0.15) is 0 Å². The Morgan fingerprint density at radius 2 is 2.14 bits per heavy atom. The summed E-state index contributed by atoms with van der Waals surface area (Å²) >= 11 is 5.78. The van der Waals surface area contributed by atoms with E-state index in [1.165, 1.54) is 18.2 Å². The summed E-state index contributed by atoms with van der Waals surface area (Å²) in [7, 11) is 0. The van der Waals surface area contributed by atoms with Crippen LogP contribution in [-0.4, -0.2) is 28.3 Å². The molecule has 21 heavy (non-hydrogen) atoms. The molecule has 1 aromatic carbocycles. The molecular formula is C15H17ClN2O3. The largest absolute Gasteiger partial charge is 0.332 e. The average molecular weight is 309 g/mol. The lowest BCUT2D eigenvalue weighted by Crippen LogP contribution is -2.38. The van der Waals surface area contributed by atoms with Crippen molar-refractivity contribution in [1.82, 2.24) is 4.90 Å². The summed E-state index contributed by atoms with van der Waals surface area (Å²) in [5, 5.41) is 11.0. The van der Waals surface area contributed by atoms with Crippen molar-refractivity contribution in [2.75, 3.05) is 6.54 Å². The van der Waals surface area contributed by atoms with Crippen LogP contribution in [0.1, 0.15) is 36.0 Å². The lowest BCUT2D eigenvalue weighted by molar-refractivity contribution is -0.384. The number of carbonyl (C=O) groups is 1. The fraction of sp³-hybridized carbons (Fsp3) is 0.400. The van der Waals surface area contributed by atoms with Crippen LogP contribution < -0.4 is 0 Å². The highest BCUT2D eigenvalue weighted by Crippen LogP contribution is 2.28. The quantitative estimate of drug-likeness (QED) is 0.472. The number of carbonyl (C=O) groups excluding carboxylic acids is 1. The Balaban J connectivity index is 2.29. The third kappa shape index (κ3) is 3.42. The second-order valence-electron chi connectivity index (χ2n) is 5.11. The Labute approximate surface area is 128 Å². The van der Waals surface area contributed by atoms with Crippen molar-refractivity contribution in [2.45, 2.75) is 31.7 Å². The van der Waals surface area contributed by atoms with E-state index in [9.17, 15) is 14.9 Å². The summed E-state index contributed by atoms with van der Waals surface area (Å²) in [6.07, 6.45) is 5.82. The first kappa shape index (κ1) is 15.5. The monoisotopic (exact) mass is 308 g/mol. The minimum atomic E-state index is -0.577. The first-order valence-corrected chi connectivity index (χ1v) is 7.28. The molecule has 0 aromatic heterocycles. The molecule has 0 unspecified atom stereocenters. The van der Waals surface area contributed by atoms with Crippen LogP contribution in [0.15, 0.2) is 30.9 Å². The van der Waals surface area contributed by atoms with Gasteiger partial charge in [0.25, 0.3) is 11.6 Å². The number of rotatable bonds is 5. The fourth-order valence-corrected chi connectivity index (χ4v) is 2.89. The predicted molar refractivity (Wildman–Crippen MR) is 81.6 cm³/mol. The van der Waals surface area contributed by atoms with E-state index in [0.717, 1.165) is 25.7 Å². The number of nitro benzene ring substituents is 1. The SMILES string of the molecule is C=CCN(C(=O)c1ccc(Cl)c([N+](=O)[O-])c1)C1CCCC1. The maximum atomic E-state index is 12.6. The van der Waals surface area contributed by atoms with Crippen LogP contribution in [0.4, 0.5) is 5.69 Å². The minimum absolute atomic E-state index is 0.0349. The van der Waals surface area contributed by atoms with Gasteiger partial charge in [0.05, 0.1) is 4.92 Å². The molecule has 0 spiro atoms. The lowest BCUT2D eigenvalue weighted by atomic mass is 10.1. The molecule has 1 saturated carbocycles. The van der Waals surface area contributed by atoms with Crippen molar-refractivity contribution >= 4 is 23.2 Å². The van der Waals surface area contributed by atoms with E-state index in [4.69, 9.17) is 11.6 Å². The van der Waals surface area contributed by atoms with Crippen molar-refractivity contribution in [3.63, 3.8) is 0 Å². The standard InChI is InChI=1S/C15H17ClN2O3/c1-2-9-17(12-5-3-4-6-12)15(19)11-7-8-13(16)14(10-11)18(20)21/h2,7-8,10,12H,1,3-6,9H2. The molecule has 1 aliphatic carbocycles. The molecule has 1 aliphatic rings. The second-order valence-corrected chi connectivity index (χ2v) is 5.51. The van der Waals surface area contributed by atoms with Crippen LogP contribution in [0.3, 0.4) is 0 Å². The summed E-state index contributed by atoms with van der Waals surface area (Å²) in [5.74, 6) is -0.207. The number of nitrogens with zero attached hydrogens (tertiary/aromatic N) is 2. The molecule has 112 valence electrons. The molecule has 6 heteroatoms. The van der Waals surface area contributed by atoms with Gasteiger partial charge in [-0.3, -0.25) is 14.9 Å². The van der Waals surface area contributed by atoms with Gasteiger partial charge in [0.2, 0.25) is 0 Å². The Kier molecular flexibility index (Phi) is 4.96. The first-order chi connectivity index (χ1) is 10.0. The molecule has 0 aliphatic heterocycles. The van der Waals surface area contributed by atoms with Gasteiger partial charge < -0.3 is 4.90 Å². The molecule has 0 N–H and O–H groups in total. The number of nitro groups is 1. The van der Waals surface area contributed by atoms with Gasteiger partial charge in [-0.05, 0) is 25.0 Å². The van der Waals surface area contributed by atoms with Crippen molar-refractivity contribution in [3.05, 3.63) is 51.6 Å². The highest BCUT2D eigenvalue weighted by atomic mass is 35.5. The molecule has 1 fully saturated rings. The van der Waals surface area contributed by atoms with Gasteiger partial charge in [-0.1, -0.05) is 30.5 Å². The number of hydrogen-bond donors (Lipinski definition) is 0. The summed E-state index contributed by atoms with van der Waals surface area (Å²) in [6.45, 7) is 4.13. The Morgan fingerprint density at radius 3 is 2.71 bits per heavy atom. The van der Waals surface area contributed by atoms with Gasteiger partial charge in [0.1, 0.15) is 5.02 Å². The average Bonchev–Trinajstić information content (AvgIpc) is 2.98. The predicted octanol–water partition coefficient (Wildman–Crippen LogP) is 3.82. The van der Waals surface area contributed by atoms with E-state index < -0.39 is 4.92 Å². The van der Waals surface area contributed by atoms with Gasteiger partial charge in [-0.15, -0.1) is 6.58 Å². The third-order valence-corrected chi connectivity index (χ3v) is 4.06. The molecule has 0 bridgehead atoms. The van der Waals surface area contributed by atoms with E-state index >= 15 is 0 Å². The maximum Gasteiger partial charge on any atom is 0.288 e. The van der Waals surface area contributed by atoms with Crippen LogP contribution in [0, 0.1) is 10.1 Å². The van der Waals surface area contributed by atoms with E-state index in [1.807, 2.05) is 0 Å². The third-order valence-electron chi connectivity index (χ3n) is 3.74. The molecule has 0 heterocycles. The number of benzene rings is 1. The molecule has 1 aromatic rings. The Bertz CT molecular complexity index is 568. The second kappa shape index (κ2) is 6.72. The number of halogens is 1. The van der Waals surface area contributed by atoms with Crippen molar-refractivity contribution in [1.29, 1.82) is 0 Å². The molecule has 0 radical (unpaired) electrons. The smallest absolute Gasteiger partial charge is 0.288 e. The molecule has 0 atom stereocenters. The number of amides is 1. The first-order valence-electron chi connectivity index (χ1n) is 6.90. The normalized spacial score (nSPS) is 14.9. The number of hydrogen-bond acceptors (Lipinski definition) is 3. The molecule has 5 nitrogen and oxygen atoms in total. The summed E-state index contributed by atoms with van der Waals surface area (Å²) in [4.78, 5) is 24.7. The highest BCUT2D eigenvalue weighted by Gasteiger charge is 2.27. The van der Waals surface area contributed by atoms with E-state index in [2.05, 4.69) is 6.58 Å². The van der Waals surface area contributed by atoms with Crippen LogP contribution in [0.5, 0.6) is 0 Å². The minimum Gasteiger partial charge on any atom is -0.332 e. The van der Waals surface area contributed by atoms with Crippen LogP contribution in [0.25, 0.3) is 0 Å². The van der Waals surface area contributed by atoms with Gasteiger partial charge in [0.15, 0.2) is 0 Å². The highest BCUT2D eigenvalue weighted by molar-refractivity contribution is 6.32. The zero-order valence-corrected chi connectivity index (χ0v) is 12.4. The van der Waals surface area contributed by atoms with Crippen LogP contribution in [-0.2, 0) is 0 Å². The zero-order chi connectivity index (χ0) is 15.4. The van der Waals surface area contributed by atoms with Gasteiger partial charge in [0, 0.05) is 24.2 Å². The zero-order valence-electron chi connectivity index (χ0n) is 11.6. The van der Waals surface area contributed by atoms with E-state index in [0.29, 0.717) is 12.1 Å². The van der Waals surface area contributed by atoms with Crippen molar-refractivity contribution in [2.24, 2.45) is 0 Å². The lowest BCUT2D eigenvalue weighted by Gasteiger charge is -2.28. The molecule has 1 amide bonds. The molecule has 0 saturated heterocycles. The van der Waals surface area contributed by atoms with Crippen LogP contribution in [0.2, 0.25) is 5.02 Å². The summed E-state index contributed by atoms with van der Waals surface area (Å²) < 4.78 is 0. The van der Waals surface area contributed by atoms with Gasteiger partial charge >= 0.3 is 0 Å². The van der Waals surface area contributed by atoms with Crippen molar-refractivity contribution < 1.29 is 9.72 Å². The Morgan fingerprint density at radius 1 is 1.48 bits per heavy atom. The summed E-state index contributed by atoms with van der Waals surface area (Å²) in [6, 6.07) is 4.36. The van der Waals surface area contributed by atoms with E-state index in [-0.39, 0.29) is 22.7 Å². The Hall–Kier alpha value is -1.88. The topological polar surface area (TPSA) is 63.5 Å². The summed E-state index contributed by atoms with van der Waals surface area (Å²) in [5.41, 5.74) is 0.0485. The molecular weight excluding hydrogens is 292 g/mol. The maximum absolute atomic E-state index is 12.6. The molecule has 2 rings (SSSR count). The van der Waals surface area contributed by atoms with Crippen LogP contribution >= 0.6 is 11.6 Å². The van der Waals surface area contributed by atoms with Crippen molar-refractivity contribution in [3.8, 4) is 0 Å².